The second kappa shape index (κ2) is 9.03. The van der Waals surface area contributed by atoms with Crippen LogP contribution in [0, 0.1) is 0 Å². The molecule has 4 aromatic rings. The lowest BCUT2D eigenvalue weighted by Crippen LogP contribution is -2.42. The molecular weight excluding hydrogens is 448 g/mol. The molecule has 1 amide bonds. The molecule has 32 heavy (non-hydrogen) atoms. The molecule has 0 radical (unpaired) electrons. The van der Waals surface area contributed by atoms with Gasteiger partial charge in [-0.15, -0.1) is 16.2 Å². The van der Waals surface area contributed by atoms with Crippen molar-refractivity contribution in [2.24, 2.45) is 0 Å². The van der Waals surface area contributed by atoms with Crippen molar-refractivity contribution >= 4 is 38.0 Å². The average molecular weight is 469 g/mol. The third-order valence-corrected chi connectivity index (χ3v) is 7.78. The Balaban J connectivity index is 1.66. The highest BCUT2D eigenvalue weighted by Crippen LogP contribution is 2.21. The van der Waals surface area contributed by atoms with Crippen molar-refractivity contribution in [1.29, 1.82) is 0 Å². The van der Waals surface area contributed by atoms with E-state index in [1.165, 1.54) is 10.7 Å². The Morgan fingerprint density at radius 2 is 1.69 bits per heavy atom. The lowest BCUT2D eigenvalue weighted by molar-refractivity contribution is 0.0939. The van der Waals surface area contributed by atoms with Crippen LogP contribution >= 0.6 is 11.3 Å². The van der Waals surface area contributed by atoms with E-state index >= 15 is 0 Å². The molecule has 0 aliphatic heterocycles. The normalized spacial score (nSPS) is 11.5. The van der Waals surface area contributed by atoms with Gasteiger partial charge in [0, 0.05) is 10.3 Å². The number of thiophene rings is 1. The maximum Gasteiger partial charge on any atom is 0.287 e. The van der Waals surface area contributed by atoms with Gasteiger partial charge in [0.25, 0.3) is 21.5 Å². The van der Waals surface area contributed by atoms with Crippen LogP contribution in [0.4, 0.5) is 0 Å². The first-order chi connectivity index (χ1) is 15.4. The summed E-state index contributed by atoms with van der Waals surface area (Å²) in [4.78, 5) is 28.8. The standard InChI is InChI=1S/C22H20N4O4S2/c1-2-16-12-13-19(31-16)32(29,30)25-23-21(27)20-17-10-6-7-11-18(17)22(28)26(24-20)14-15-8-4-3-5-9-15/h3-13,25H,2,14H2,1H3,(H,23,27). The summed E-state index contributed by atoms with van der Waals surface area (Å²) in [6.07, 6.45) is 0.714. The number of rotatable bonds is 7. The Kier molecular flexibility index (Phi) is 6.17. The SMILES string of the molecule is CCc1ccc(S(=O)(=O)NNC(=O)c2nn(Cc3ccccc3)c(=O)c3ccccc23)s1. The number of nitrogens with zero attached hydrogens (tertiary/aromatic N) is 2. The predicted octanol–water partition coefficient (Wildman–Crippen LogP) is 2.69. The van der Waals surface area contributed by atoms with E-state index in [0.717, 1.165) is 21.8 Å². The smallest absolute Gasteiger partial charge is 0.272 e. The van der Waals surface area contributed by atoms with Gasteiger partial charge in [-0.05, 0) is 30.2 Å². The molecule has 2 N–H and O–H groups in total. The third kappa shape index (κ3) is 4.47. The molecule has 0 spiro atoms. The number of sulfonamides is 1. The fourth-order valence-electron chi connectivity index (χ4n) is 3.18. The van der Waals surface area contributed by atoms with Gasteiger partial charge in [-0.3, -0.25) is 15.0 Å². The topological polar surface area (TPSA) is 110 Å². The van der Waals surface area contributed by atoms with Gasteiger partial charge in [-0.2, -0.15) is 5.10 Å². The maximum absolute atomic E-state index is 12.9. The number of nitrogens with one attached hydrogen (secondary N) is 2. The van der Waals surface area contributed by atoms with Gasteiger partial charge in [0.05, 0.1) is 11.9 Å². The minimum atomic E-state index is -3.93. The van der Waals surface area contributed by atoms with E-state index in [1.807, 2.05) is 37.3 Å². The minimum absolute atomic E-state index is 0.0562. The molecule has 0 saturated carbocycles. The van der Waals surface area contributed by atoms with Crippen LogP contribution in [-0.4, -0.2) is 24.1 Å². The van der Waals surface area contributed by atoms with Gasteiger partial charge in [-0.25, -0.2) is 13.1 Å². The highest BCUT2D eigenvalue weighted by molar-refractivity contribution is 7.91. The van der Waals surface area contributed by atoms with E-state index in [-0.39, 0.29) is 22.0 Å². The summed E-state index contributed by atoms with van der Waals surface area (Å²) in [6.45, 7) is 2.10. The molecule has 164 valence electrons. The van der Waals surface area contributed by atoms with Gasteiger partial charge in [0.15, 0.2) is 5.69 Å². The quantitative estimate of drug-likeness (QED) is 0.405. The van der Waals surface area contributed by atoms with E-state index in [9.17, 15) is 18.0 Å². The fraction of sp³-hybridized carbons (Fsp3) is 0.136. The number of hydrogen-bond donors (Lipinski definition) is 2. The van der Waals surface area contributed by atoms with Crippen molar-refractivity contribution in [2.45, 2.75) is 24.1 Å². The van der Waals surface area contributed by atoms with E-state index in [4.69, 9.17) is 0 Å². The van der Waals surface area contributed by atoms with Crippen LogP contribution in [0.1, 0.15) is 27.9 Å². The second-order valence-electron chi connectivity index (χ2n) is 6.98. The number of aromatic nitrogens is 2. The van der Waals surface area contributed by atoms with Crippen LogP contribution in [-0.2, 0) is 23.0 Å². The number of carbonyl (C=O) groups excluding carboxylic acids is 1. The lowest BCUT2D eigenvalue weighted by atomic mass is 10.1. The molecule has 8 nitrogen and oxygen atoms in total. The van der Waals surface area contributed by atoms with Gasteiger partial charge < -0.3 is 0 Å². The molecule has 0 bridgehead atoms. The second-order valence-corrected chi connectivity index (χ2v) is 10.1. The fourth-order valence-corrected chi connectivity index (χ4v) is 5.32. The molecule has 0 fully saturated rings. The lowest BCUT2D eigenvalue weighted by Gasteiger charge is -2.12. The van der Waals surface area contributed by atoms with Gasteiger partial charge in [0.1, 0.15) is 4.21 Å². The Morgan fingerprint density at radius 1 is 1.00 bits per heavy atom. The molecule has 2 aromatic carbocycles. The molecule has 2 aromatic heterocycles. The molecule has 4 rings (SSSR count). The Bertz CT molecular complexity index is 1440. The first-order valence-electron chi connectivity index (χ1n) is 9.83. The van der Waals surface area contributed by atoms with Gasteiger partial charge >= 0.3 is 0 Å². The summed E-state index contributed by atoms with van der Waals surface area (Å²) >= 11 is 1.13. The third-order valence-electron chi connectivity index (χ3n) is 4.81. The molecule has 0 atom stereocenters. The van der Waals surface area contributed by atoms with Crippen LogP contribution < -0.4 is 15.8 Å². The van der Waals surface area contributed by atoms with Crippen molar-refractivity contribution < 1.29 is 13.2 Å². The zero-order chi connectivity index (χ0) is 22.7. The van der Waals surface area contributed by atoms with Crippen LogP contribution in [0.25, 0.3) is 10.8 Å². The van der Waals surface area contributed by atoms with Crippen molar-refractivity contribution in [2.75, 3.05) is 0 Å². The minimum Gasteiger partial charge on any atom is -0.272 e. The number of fused-ring (bicyclic) bond motifs is 1. The summed E-state index contributed by atoms with van der Waals surface area (Å²) < 4.78 is 26.4. The first-order valence-corrected chi connectivity index (χ1v) is 12.1. The van der Waals surface area contributed by atoms with E-state index in [2.05, 4.69) is 15.4 Å². The van der Waals surface area contributed by atoms with Crippen molar-refractivity contribution in [1.82, 2.24) is 20.0 Å². The molecule has 10 heteroatoms. The van der Waals surface area contributed by atoms with Crippen molar-refractivity contribution in [3.8, 4) is 0 Å². The number of hydrogen-bond acceptors (Lipinski definition) is 6. The molecule has 0 unspecified atom stereocenters. The zero-order valence-electron chi connectivity index (χ0n) is 17.1. The molecule has 0 aliphatic rings. The summed E-state index contributed by atoms with van der Waals surface area (Å²) in [5.74, 6) is -0.765. The maximum atomic E-state index is 12.9. The van der Waals surface area contributed by atoms with E-state index in [1.54, 1.807) is 30.3 Å². The first kappa shape index (κ1) is 21.9. The molecule has 0 aliphatic carbocycles. The number of amides is 1. The van der Waals surface area contributed by atoms with Crippen LogP contribution in [0.5, 0.6) is 0 Å². The number of aryl methyl sites for hydroxylation is 1. The van der Waals surface area contributed by atoms with E-state index in [0.29, 0.717) is 17.2 Å². The molecule has 2 heterocycles. The summed E-state index contributed by atoms with van der Waals surface area (Å²) in [6, 6.07) is 19.1. The van der Waals surface area contributed by atoms with Crippen molar-refractivity contribution in [3.05, 3.63) is 93.2 Å². The average Bonchev–Trinajstić information content (AvgIpc) is 3.31. The highest BCUT2D eigenvalue weighted by Gasteiger charge is 2.21. The molecular formula is C22H20N4O4S2. The predicted molar refractivity (Wildman–Crippen MR) is 123 cm³/mol. The summed E-state index contributed by atoms with van der Waals surface area (Å²) in [5, 5.41) is 4.90. The Labute approximate surface area is 188 Å². The monoisotopic (exact) mass is 468 g/mol. The van der Waals surface area contributed by atoms with Gasteiger partial charge in [-0.1, -0.05) is 55.5 Å². The van der Waals surface area contributed by atoms with Gasteiger partial charge in [0.2, 0.25) is 0 Å². The number of benzene rings is 2. The van der Waals surface area contributed by atoms with E-state index < -0.39 is 15.9 Å². The van der Waals surface area contributed by atoms with Crippen LogP contribution in [0.2, 0.25) is 0 Å². The number of carbonyl (C=O) groups is 1. The zero-order valence-corrected chi connectivity index (χ0v) is 18.7. The number of hydrazine groups is 1. The van der Waals surface area contributed by atoms with Crippen LogP contribution in [0.15, 0.2) is 75.7 Å². The largest absolute Gasteiger partial charge is 0.287 e. The Morgan fingerprint density at radius 3 is 2.38 bits per heavy atom. The molecule has 0 saturated heterocycles. The van der Waals surface area contributed by atoms with Crippen LogP contribution in [0.3, 0.4) is 0 Å². The highest BCUT2D eigenvalue weighted by atomic mass is 32.2. The van der Waals surface area contributed by atoms with Crippen molar-refractivity contribution in [3.63, 3.8) is 0 Å². The Hall–Kier alpha value is -3.34. The summed E-state index contributed by atoms with van der Waals surface area (Å²) in [7, 11) is -3.93. The summed E-state index contributed by atoms with van der Waals surface area (Å²) in [5.41, 5.74) is 2.66.